The Hall–Kier alpha value is -2.66. The monoisotopic (exact) mass is 680 g/mol. The number of fused-ring (bicyclic) bond motifs is 4. The molecule has 6 rings (SSSR count). The Kier molecular flexibility index (Phi) is 9.45. The fraction of sp³-hybridized carbons (Fsp3) is 0.595. The quantitative estimate of drug-likeness (QED) is 0.288. The van der Waals surface area contributed by atoms with Crippen molar-refractivity contribution >= 4 is 29.9 Å². The predicted molar refractivity (Wildman–Crippen MR) is 189 cm³/mol. The number of rotatable bonds is 3. The largest absolute Gasteiger partial charge is 0.490 e. The summed E-state index contributed by atoms with van der Waals surface area (Å²) in [6, 6.07) is 13.9. The lowest BCUT2D eigenvalue weighted by molar-refractivity contribution is -0.00624. The molecular weight excluding hydrogens is 629 g/mol. The lowest BCUT2D eigenvalue weighted by Gasteiger charge is -2.51. The number of amides is 1. The number of nitrogens with one attached hydrogen (secondary N) is 1. The van der Waals surface area contributed by atoms with E-state index in [1.54, 1.807) is 12.1 Å². The molecule has 2 bridgehead atoms. The zero-order chi connectivity index (χ0) is 33.6. The third kappa shape index (κ3) is 6.93. The van der Waals surface area contributed by atoms with Crippen LogP contribution >= 0.6 is 0 Å². The molecule has 2 N–H and O–H groups in total. The van der Waals surface area contributed by atoms with Gasteiger partial charge in [0.25, 0.3) is 5.91 Å². The van der Waals surface area contributed by atoms with Crippen molar-refractivity contribution in [3.63, 3.8) is 0 Å². The van der Waals surface area contributed by atoms with Gasteiger partial charge in [0, 0.05) is 17.5 Å². The molecular formula is C37H52N2O6SSi. The number of nitrogens with zero attached hydrogens (tertiary/aromatic N) is 1. The van der Waals surface area contributed by atoms with Gasteiger partial charge in [-0.1, -0.05) is 57.2 Å². The number of anilines is 1. The van der Waals surface area contributed by atoms with Crippen molar-refractivity contribution in [2.45, 2.75) is 101 Å². The van der Waals surface area contributed by atoms with Crippen LogP contribution in [-0.2, 0) is 26.3 Å². The van der Waals surface area contributed by atoms with Gasteiger partial charge in [-0.3, -0.25) is 4.79 Å². The highest BCUT2D eigenvalue weighted by molar-refractivity contribution is 7.90. The maximum atomic E-state index is 13.5. The van der Waals surface area contributed by atoms with E-state index >= 15 is 0 Å². The Labute approximate surface area is 282 Å². The van der Waals surface area contributed by atoms with Crippen LogP contribution in [0.4, 0.5) is 5.69 Å². The van der Waals surface area contributed by atoms with Crippen molar-refractivity contribution in [2.75, 3.05) is 30.4 Å². The van der Waals surface area contributed by atoms with Crippen LogP contribution in [0, 0.1) is 11.8 Å². The van der Waals surface area contributed by atoms with Gasteiger partial charge in [0.05, 0.1) is 36.8 Å². The molecule has 1 saturated carbocycles. The average Bonchev–Trinajstić information content (AvgIpc) is 3.14. The molecule has 4 aliphatic rings. The summed E-state index contributed by atoms with van der Waals surface area (Å²) < 4.78 is 41.7. The first-order valence-electron chi connectivity index (χ1n) is 17.3. The summed E-state index contributed by atoms with van der Waals surface area (Å²) in [6.07, 6.45) is 8.84. The van der Waals surface area contributed by atoms with Crippen LogP contribution in [0.3, 0.4) is 0 Å². The van der Waals surface area contributed by atoms with Crippen molar-refractivity contribution < 1.29 is 27.5 Å². The lowest BCUT2D eigenvalue weighted by Crippen LogP contribution is -2.57. The molecule has 5 unspecified atom stereocenters. The molecule has 10 heteroatoms. The van der Waals surface area contributed by atoms with Gasteiger partial charge in [-0.05, 0) is 104 Å². The van der Waals surface area contributed by atoms with Gasteiger partial charge in [-0.2, -0.15) is 0 Å². The fourth-order valence-corrected chi connectivity index (χ4v) is 9.73. The summed E-state index contributed by atoms with van der Waals surface area (Å²) >= 11 is 0. The van der Waals surface area contributed by atoms with E-state index in [0.29, 0.717) is 31.9 Å². The number of aryl methyl sites for hydroxylation is 1. The summed E-state index contributed by atoms with van der Waals surface area (Å²) in [5.41, 5.74) is 3.44. The zero-order valence-electron chi connectivity index (χ0n) is 28.6. The van der Waals surface area contributed by atoms with Crippen LogP contribution in [0.5, 0.6) is 5.75 Å². The minimum atomic E-state index is -3.85. The molecule has 8 nitrogen and oxygen atoms in total. The number of hydrogen-bond donors (Lipinski definition) is 2. The molecule has 47 heavy (non-hydrogen) atoms. The highest BCUT2D eigenvalue weighted by Gasteiger charge is 2.49. The molecule has 1 fully saturated rings. The molecule has 0 aromatic heterocycles. The van der Waals surface area contributed by atoms with Crippen LogP contribution in [0.1, 0.15) is 80.8 Å². The van der Waals surface area contributed by atoms with Gasteiger partial charge in [0.15, 0.2) is 8.32 Å². The second-order valence-corrected chi connectivity index (χ2v) is 22.4. The van der Waals surface area contributed by atoms with Gasteiger partial charge in [0.2, 0.25) is 10.0 Å². The molecule has 1 amide bonds. The molecule has 2 aromatic rings. The molecule has 256 valence electrons. The smallest absolute Gasteiger partial charge is 0.264 e. The van der Waals surface area contributed by atoms with Crippen LogP contribution in [0.25, 0.3) is 0 Å². The first-order valence-corrected chi connectivity index (χ1v) is 21.9. The molecule has 2 aromatic carbocycles. The van der Waals surface area contributed by atoms with Gasteiger partial charge in [-0.15, -0.1) is 0 Å². The number of sulfonamides is 1. The molecule has 1 spiro atoms. The standard InChI is InChI=1S/C37H52N2O6SSi/c1-36(2,3)47(4,5)45-23-32-28-17-18-29(28)33(40)15-7-6-10-21-46(42,43)38-35(41)27-16-19-34-31(22-27)39(32)24-37(25-44-34)20-11-13-26-12-8-9-14-30(26)37/h6-9,12,14,16,19,22,28-29,32-33,40H,10-11,13,15,17-18,20-21,23-25H2,1-5H3,(H,38,41). The molecule has 0 saturated heterocycles. The van der Waals surface area contributed by atoms with Crippen molar-refractivity contribution in [3.05, 3.63) is 71.3 Å². The van der Waals surface area contributed by atoms with E-state index in [1.165, 1.54) is 11.1 Å². The predicted octanol–water partition coefficient (Wildman–Crippen LogP) is 6.35. The van der Waals surface area contributed by atoms with Crippen molar-refractivity contribution in [3.8, 4) is 5.75 Å². The second kappa shape index (κ2) is 13.0. The van der Waals surface area contributed by atoms with E-state index in [2.05, 4.69) is 67.8 Å². The van der Waals surface area contributed by atoms with Crippen LogP contribution < -0.4 is 14.4 Å². The van der Waals surface area contributed by atoms with E-state index in [9.17, 15) is 18.3 Å². The summed E-state index contributed by atoms with van der Waals surface area (Å²) in [4.78, 5) is 15.9. The van der Waals surface area contributed by atoms with Crippen molar-refractivity contribution in [1.82, 2.24) is 4.72 Å². The SMILES string of the molecule is CC(C)(C)[Si](C)(C)OCC1C2CCC2C(O)CC=CCCS(=O)(=O)NC(=O)c2ccc3c(c2)N1CC1(CCCc2ccccc21)CO3. The van der Waals surface area contributed by atoms with Crippen molar-refractivity contribution in [1.29, 1.82) is 0 Å². The number of carbonyl (C=O) groups excluding carboxylic acids is 1. The Morgan fingerprint density at radius 1 is 1.11 bits per heavy atom. The molecule has 2 heterocycles. The number of ether oxygens (including phenoxy) is 1. The van der Waals surface area contributed by atoms with E-state index in [0.717, 1.165) is 37.8 Å². The third-order valence-electron chi connectivity index (χ3n) is 11.7. The maximum Gasteiger partial charge on any atom is 0.264 e. The van der Waals surface area contributed by atoms with E-state index in [-0.39, 0.29) is 46.1 Å². The Balaban J connectivity index is 1.50. The highest BCUT2D eigenvalue weighted by Crippen LogP contribution is 2.49. The minimum absolute atomic E-state index is 0.0225. The minimum Gasteiger partial charge on any atom is -0.490 e. The van der Waals surface area contributed by atoms with Crippen molar-refractivity contribution in [2.24, 2.45) is 11.8 Å². The van der Waals surface area contributed by atoms with Crippen LogP contribution in [-0.4, -0.2) is 65.4 Å². The number of hydrogen-bond acceptors (Lipinski definition) is 7. The Morgan fingerprint density at radius 2 is 1.87 bits per heavy atom. The van der Waals surface area contributed by atoms with E-state index in [4.69, 9.17) is 9.16 Å². The second-order valence-electron chi connectivity index (χ2n) is 15.7. The normalized spacial score (nSPS) is 29.5. The third-order valence-corrected chi connectivity index (χ3v) is 17.5. The van der Waals surface area contributed by atoms with E-state index in [1.807, 2.05) is 18.2 Å². The number of allylic oxidation sites excluding steroid dienone is 1. The van der Waals surface area contributed by atoms with Gasteiger partial charge in [-0.25, -0.2) is 13.1 Å². The molecule has 2 aliphatic heterocycles. The number of benzene rings is 2. The number of carbonyl (C=O) groups is 1. The summed E-state index contributed by atoms with van der Waals surface area (Å²) in [5.74, 6) is 0.0968. The Bertz CT molecular complexity index is 1620. The fourth-order valence-electron chi connectivity index (χ4n) is 7.76. The average molecular weight is 681 g/mol. The molecule has 0 radical (unpaired) electrons. The first kappa shape index (κ1) is 34.2. The Morgan fingerprint density at radius 3 is 2.62 bits per heavy atom. The van der Waals surface area contributed by atoms with Crippen LogP contribution in [0.2, 0.25) is 18.1 Å². The summed E-state index contributed by atoms with van der Waals surface area (Å²) in [7, 11) is -6.01. The zero-order valence-corrected chi connectivity index (χ0v) is 30.4. The summed E-state index contributed by atoms with van der Waals surface area (Å²) in [5, 5.41) is 11.5. The molecule has 2 aliphatic carbocycles. The summed E-state index contributed by atoms with van der Waals surface area (Å²) in [6.45, 7) is 13.0. The molecule has 5 atom stereocenters. The van der Waals surface area contributed by atoms with Gasteiger partial charge >= 0.3 is 0 Å². The van der Waals surface area contributed by atoms with Gasteiger partial charge < -0.3 is 19.2 Å². The number of aliphatic hydroxyl groups excluding tert-OH is 1. The number of aliphatic hydroxyl groups is 1. The highest BCUT2D eigenvalue weighted by atomic mass is 32.2. The topological polar surface area (TPSA) is 105 Å². The first-order chi connectivity index (χ1) is 22.2. The maximum absolute atomic E-state index is 13.5. The van der Waals surface area contributed by atoms with E-state index < -0.39 is 30.4 Å². The van der Waals surface area contributed by atoms with Crippen LogP contribution in [0.15, 0.2) is 54.6 Å². The van der Waals surface area contributed by atoms with Gasteiger partial charge in [0.1, 0.15) is 5.75 Å². The lowest BCUT2D eigenvalue weighted by atomic mass is 9.65.